The maximum Gasteiger partial charge on any atom is 0.251 e. The second kappa shape index (κ2) is 6.48. The highest BCUT2D eigenvalue weighted by Gasteiger charge is 2.14. The van der Waals surface area contributed by atoms with E-state index in [-0.39, 0.29) is 5.91 Å². The molecule has 0 spiro atoms. The number of aromatic nitrogens is 2. The van der Waals surface area contributed by atoms with Crippen molar-refractivity contribution in [2.24, 2.45) is 0 Å². The molecule has 0 aliphatic heterocycles. The van der Waals surface area contributed by atoms with Crippen LogP contribution >= 0.6 is 0 Å². The van der Waals surface area contributed by atoms with Gasteiger partial charge in [0.1, 0.15) is 0 Å². The summed E-state index contributed by atoms with van der Waals surface area (Å²) >= 11 is 0. The van der Waals surface area contributed by atoms with E-state index in [1.165, 1.54) is 24.1 Å². The Labute approximate surface area is 141 Å². The van der Waals surface area contributed by atoms with Crippen molar-refractivity contribution in [3.63, 3.8) is 0 Å². The molecule has 0 saturated heterocycles. The number of carbonyl (C=O) groups excluding carboxylic acids is 1. The number of hydrogen-bond acceptors (Lipinski definition) is 2. The summed E-state index contributed by atoms with van der Waals surface area (Å²) in [4.78, 5) is 12.4. The molecule has 24 heavy (non-hydrogen) atoms. The van der Waals surface area contributed by atoms with Crippen molar-refractivity contribution in [1.29, 1.82) is 0 Å². The maximum absolute atomic E-state index is 12.4. The minimum absolute atomic E-state index is 0.0261. The Morgan fingerprint density at radius 1 is 1.08 bits per heavy atom. The van der Waals surface area contributed by atoms with Gasteiger partial charge in [0, 0.05) is 17.8 Å². The fourth-order valence-corrected chi connectivity index (χ4v) is 3.46. The van der Waals surface area contributed by atoms with Crippen LogP contribution in [0, 0.1) is 0 Å². The van der Waals surface area contributed by atoms with E-state index < -0.39 is 0 Å². The quantitative estimate of drug-likeness (QED) is 0.801. The van der Waals surface area contributed by atoms with Crippen LogP contribution in [0.4, 0.5) is 0 Å². The standard InChI is InChI=1S/C20H21N3O/c24-20(17-10-9-15-5-1-2-6-16(15)13-17)21-11-12-23-19-8-4-3-7-18(19)14-22-23/h1-2,5-6,9-10,13-14H,3-4,7-8,11-12H2,(H,21,24). The minimum atomic E-state index is -0.0261. The zero-order valence-corrected chi connectivity index (χ0v) is 13.7. The van der Waals surface area contributed by atoms with E-state index in [0.29, 0.717) is 12.1 Å². The summed E-state index contributed by atoms with van der Waals surface area (Å²) in [6.07, 6.45) is 6.73. The van der Waals surface area contributed by atoms with Gasteiger partial charge in [0.25, 0.3) is 5.91 Å². The van der Waals surface area contributed by atoms with Crippen LogP contribution in [-0.2, 0) is 19.4 Å². The lowest BCUT2D eigenvalue weighted by Crippen LogP contribution is -2.28. The highest BCUT2D eigenvalue weighted by Crippen LogP contribution is 2.20. The Bertz CT molecular complexity index is 881. The molecule has 1 amide bonds. The van der Waals surface area contributed by atoms with Crippen LogP contribution in [0.15, 0.2) is 48.7 Å². The molecule has 1 N–H and O–H groups in total. The van der Waals surface area contributed by atoms with Crippen molar-refractivity contribution in [2.45, 2.75) is 32.2 Å². The molecule has 1 aromatic heterocycles. The molecule has 1 aliphatic carbocycles. The number of carbonyl (C=O) groups is 1. The summed E-state index contributed by atoms with van der Waals surface area (Å²) in [5.74, 6) is -0.0261. The SMILES string of the molecule is O=C(NCCn1ncc2c1CCCC2)c1ccc2ccccc2c1. The zero-order chi connectivity index (χ0) is 16.4. The van der Waals surface area contributed by atoms with E-state index in [4.69, 9.17) is 0 Å². The summed E-state index contributed by atoms with van der Waals surface area (Å²) in [7, 11) is 0. The molecule has 4 nitrogen and oxygen atoms in total. The Balaban J connectivity index is 1.40. The van der Waals surface area contributed by atoms with Gasteiger partial charge in [-0.15, -0.1) is 0 Å². The molecule has 0 bridgehead atoms. The van der Waals surface area contributed by atoms with Crippen LogP contribution in [0.25, 0.3) is 10.8 Å². The lowest BCUT2D eigenvalue weighted by Gasteiger charge is -2.14. The van der Waals surface area contributed by atoms with Crippen molar-refractivity contribution in [3.05, 3.63) is 65.5 Å². The molecule has 0 radical (unpaired) electrons. The van der Waals surface area contributed by atoms with Gasteiger partial charge in [-0.1, -0.05) is 30.3 Å². The molecule has 2 aromatic carbocycles. The summed E-state index contributed by atoms with van der Waals surface area (Å²) in [6, 6.07) is 13.9. The minimum Gasteiger partial charge on any atom is -0.350 e. The summed E-state index contributed by atoms with van der Waals surface area (Å²) in [6.45, 7) is 1.33. The summed E-state index contributed by atoms with van der Waals surface area (Å²) in [5, 5.41) is 9.72. The third-order valence-electron chi connectivity index (χ3n) is 4.77. The smallest absolute Gasteiger partial charge is 0.251 e. The highest BCUT2D eigenvalue weighted by molar-refractivity contribution is 5.98. The Morgan fingerprint density at radius 2 is 1.92 bits per heavy atom. The molecule has 1 heterocycles. The summed E-state index contributed by atoms with van der Waals surface area (Å²) in [5.41, 5.74) is 3.43. The van der Waals surface area contributed by atoms with Crippen LogP contribution in [0.2, 0.25) is 0 Å². The molecule has 3 aromatic rings. The first-order valence-electron chi connectivity index (χ1n) is 8.62. The van der Waals surface area contributed by atoms with Crippen LogP contribution in [-0.4, -0.2) is 22.2 Å². The van der Waals surface area contributed by atoms with Crippen molar-refractivity contribution >= 4 is 16.7 Å². The Hall–Kier alpha value is -2.62. The lowest BCUT2D eigenvalue weighted by atomic mass is 9.98. The molecule has 0 fully saturated rings. The van der Waals surface area contributed by atoms with Crippen molar-refractivity contribution in [2.75, 3.05) is 6.54 Å². The molecule has 1 aliphatic rings. The molecule has 0 atom stereocenters. The topological polar surface area (TPSA) is 46.9 Å². The van der Waals surface area contributed by atoms with E-state index in [0.717, 1.165) is 30.2 Å². The number of nitrogens with one attached hydrogen (secondary N) is 1. The number of fused-ring (bicyclic) bond motifs is 2. The van der Waals surface area contributed by atoms with E-state index in [2.05, 4.69) is 21.2 Å². The monoisotopic (exact) mass is 319 g/mol. The second-order valence-corrected chi connectivity index (χ2v) is 6.36. The maximum atomic E-state index is 12.4. The number of benzene rings is 2. The number of rotatable bonds is 4. The normalized spacial score (nSPS) is 13.7. The van der Waals surface area contributed by atoms with E-state index in [1.54, 1.807) is 0 Å². The molecule has 4 heteroatoms. The van der Waals surface area contributed by atoms with E-state index in [9.17, 15) is 4.79 Å². The fraction of sp³-hybridized carbons (Fsp3) is 0.300. The van der Waals surface area contributed by atoms with Gasteiger partial charge in [-0.25, -0.2) is 0 Å². The van der Waals surface area contributed by atoms with Crippen LogP contribution < -0.4 is 5.32 Å². The predicted molar refractivity (Wildman–Crippen MR) is 95.2 cm³/mol. The number of nitrogens with zero attached hydrogens (tertiary/aromatic N) is 2. The van der Waals surface area contributed by atoms with E-state index in [1.807, 2.05) is 42.6 Å². The third kappa shape index (κ3) is 2.92. The average Bonchev–Trinajstić information content (AvgIpc) is 3.04. The second-order valence-electron chi connectivity index (χ2n) is 6.36. The van der Waals surface area contributed by atoms with Gasteiger partial charge in [0.05, 0.1) is 12.7 Å². The number of aryl methyl sites for hydroxylation is 1. The van der Waals surface area contributed by atoms with Crippen molar-refractivity contribution < 1.29 is 4.79 Å². The first-order valence-corrected chi connectivity index (χ1v) is 8.62. The Kier molecular flexibility index (Phi) is 4.03. The Morgan fingerprint density at radius 3 is 2.83 bits per heavy atom. The van der Waals surface area contributed by atoms with Crippen LogP contribution in [0.5, 0.6) is 0 Å². The molecular weight excluding hydrogens is 298 g/mol. The van der Waals surface area contributed by atoms with E-state index >= 15 is 0 Å². The molecule has 0 saturated carbocycles. The van der Waals surface area contributed by atoms with Crippen molar-refractivity contribution in [1.82, 2.24) is 15.1 Å². The lowest BCUT2D eigenvalue weighted by molar-refractivity contribution is 0.0952. The molecule has 0 unspecified atom stereocenters. The van der Waals surface area contributed by atoms with Gasteiger partial charge in [-0.2, -0.15) is 5.10 Å². The first kappa shape index (κ1) is 14.9. The van der Waals surface area contributed by atoms with Gasteiger partial charge in [-0.3, -0.25) is 9.48 Å². The molecular formula is C20H21N3O. The average molecular weight is 319 g/mol. The van der Waals surface area contributed by atoms with Gasteiger partial charge in [-0.05, 0) is 54.2 Å². The number of hydrogen-bond donors (Lipinski definition) is 1. The van der Waals surface area contributed by atoms with Gasteiger partial charge in [0.15, 0.2) is 0 Å². The predicted octanol–water partition coefficient (Wildman–Crippen LogP) is 3.35. The summed E-state index contributed by atoms with van der Waals surface area (Å²) < 4.78 is 2.05. The van der Waals surface area contributed by atoms with Crippen LogP contribution in [0.1, 0.15) is 34.5 Å². The third-order valence-corrected chi connectivity index (χ3v) is 4.77. The van der Waals surface area contributed by atoms with Gasteiger partial charge in [0.2, 0.25) is 0 Å². The van der Waals surface area contributed by atoms with Gasteiger partial charge < -0.3 is 5.32 Å². The fourth-order valence-electron chi connectivity index (χ4n) is 3.46. The number of amides is 1. The van der Waals surface area contributed by atoms with Gasteiger partial charge >= 0.3 is 0 Å². The van der Waals surface area contributed by atoms with Crippen LogP contribution in [0.3, 0.4) is 0 Å². The molecule has 4 rings (SSSR count). The first-order chi connectivity index (χ1) is 11.8. The molecule has 122 valence electrons. The zero-order valence-electron chi connectivity index (χ0n) is 13.7. The van der Waals surface area contributed by atoms with Crippen molar-refractivity contribution in [3.8, 4) is 0 Å². The largest absolute Gasteiger partial charge is 0.350 e. The highest BCUT2D eigenvalue weighted by atomic mass is 16.1.